The SMILES string of the molecule is COc1cc(NC(=O)NC(C)C(C)CO)cc(OC)c1. The number of carbonyl (C=O) groups is 1. The van der Waals surface area contributed by atoms with Crippen molar-refractivity contribution in [1.82, 2.24) is 5.32 Å². The minimum Gasteiger partial charge on any atom is -0.497 e. The second kappa shape index (κ2) is 7.59. The Morgan fingerprint density at radius 3 is 2.20 bits per heavy atom. The highest BCUT2D eigenvalue weighted by molar-refractivity contribution is 5.89. The van der Waals surface area contributed by atoms with Crippen molar-refractivity contribution in [3.63, 3.8) is 0 Å². The first-order valence-electron chi connectivity index (χ1n) is 6.41. The fourth-order valence-electron chi connectivity index (χ4n) is 1.55. The molecule has 0 heterocycles. The zero-order chi connectivity index (χ0) is 15.1. The van der Waals surface area contributed by atoms with Crippen LogP contribution in [0.25, 0.3) is 0 Å². The molecule has 0 aliphatic carbocycles. The van der Waals surface area contributed by atoms with Crippen LogP contribution in [0.3, 0.4) is 0 Å². The van der Waals surface area contributed by atoms with Crippen LogP contribution in [-0.2, 0) is 0 Å². The first-order valence-corrected chi connectivity index (χ1v) is 6.41. The van der Waals surface area contributed by atoms with Crippen molar-refractivity contribution in [1.29, 1.82) is 0 Å². The van der Waals surface area contributed by atoms with Gasteiger partial charge in [0.15, 0.2) is 0 Å². The molecule has 6 nitrogen and oxygen atoms in total. The number of ether oxygens (including phenoxy) is 2. The molecular formula is C14H22N2O4. The van der Waals surface area contributed by atoms with E-state index in [1.54, 1.807) is 32.4 Å². The molecule has 2 unspecified atom stereocenters. The summed E-state index contributed by atoms with van der Waals surface area (Å²) in [5.74, 6) is 1.17. The number of anilines is 1. The third kappa shape index (κ3) is 4.62. The van der Waals surface area contributed by atoms with E-state index < -0.39 is 0 Å². The van der Waals surface area contributed by atoms with Gasteiger partial charge in [-0.05, 0) is 12.8 Å². The first kappa shape index (κ1) is 16.1. The number of carbonyl (C=O) groups excluding carboxylic acids is 1. The fraction of sp³-hybridized carbons (Fsp3) is 0.500. The van der Waals surface area contributed by atoms with Crippen LogP contribution < -0.4 is 20.1 Å². The van der Waals surface area contributed by atoms with Gasteiger partial charge in [-0.25, -0.2) is 4.79 Å². The number of hydrogen-bond donors (Lipinski definition) is 3. The summed E-state index contributed by atoms with van der Waals surface area (Å²) in [6.45, 7) is 3.72. The normalized spacial score (nSPS) is 13.2. The molecule has 20 heavy (non-hydrogen) atoms. The van der Waals surface area contributed by atoms with Gasteiger partial charge in [0, 0.05) is 36.5 Å². The van der Waals surface area contributed by atoms with Crippen LogP contribution in [0.2, 0.25) is 0 Å². The second-order valence-electron chi connectivity index (χ2n) is 4.65. The summed E-state index contributed by atoms with van der Waals surface area (Å²) in [6, 6.07) is 4.64. The Bertz CT molecular complexity index is 429. The van der Waals surface area contributed by atoms with Crippen LogP contribution in [-0.4, -0.2) is 38.0 Å². The van der Waals surface area contributed by atoms with Crippen molar-refractivity contribution in [2.45, 2.75) is 19.9 Å². The number of amides is 2. The summed E-state index contributed by atoms with van der Waals surface area (Å²) in [7, 11) is 3.09. The molecular weight excluding hydrogens is 260 g/mol. The molecule has 0 aromatic heterocycles. The number of aliphatic hydroxyl groups is 1. The highest BCUT2D eigenvalue weighted by Crippen LogP contribution is 2.25. The number of methoxy groups -OCH3 is 2. The number of benzene rings is 1. The molecule has 0 bridgehead atoms. The summed E-state index contributed by atoms with van der Waals surface area (Å²) >= 11 is 0. The number of aliphatic hydroxyl groups excluding tert-OH is 1. The number of rotatable bonds is 6. The smallest absolute Gasteiger partial charge is 0.319 e. The van der Waals surface area contributed by atoms with Gasteiger partial charge in [-0.15, -0.1) is 0 Å². The molecule has 6 heteroatoms. The maximum Gasteiger partial charge on any atom is 0.319 e. The van der Waals surface area contributed by atoms with Crippen LogP contribution in [0.1, 0.15) is 13.8 Å². The van der Waals surface area contributed by atoms with Gasteiger partial charge in [-0.3, -0.25) is 0 Å². The quantitative estimate of drug-likeness (QED) is 0.744. The lowest BCUT2D eigenvalue weighted by Crippen LogP contribution is -2.40. The minimum atomic E-state index is -0.340. The van der Waals surface area contributed by atoms with Crippen LogP contribution in [0, 0.1) is 5.92 Å². The number of hydrogen-bond acceptors (Lipinski definition) is 4. The maximum absolute atomic E-state index is 11.9. The van der Waals surface area contributed by atoms with E-state index in [0.717, 1.165) is 0 Å². The summed E-state index contributed by atoms with van der Waals surface area (Å²) in [5.41, 5.74) is 0.572. The highest BCUT2D eigenvalue weighted by atomic mass is 16.5. The second-order valence-corrected chi connectivity index (χ2v) is 4.65. The fourth-order valence-corrected chi connectivity index (χ4v) is 1.55. The average Bonchev–Trinajstić information content (AvgIpc) is 2.45. The Morgan fingerprint density at radius 1 is 1.20 bits per heavy atom. The van der Waals surface area contributed by atoms with Crippen molar-refractivity contribution in [3.05, 3.63) is 18.2 Å². The van der Waals surface area contributed by atoms with Gasteiger partial charge in [-0.1, -0.05) is 6.92 Å². The van der Waals surface area contributed by atoms with Crippen molar-refractivity contribution in [2.24, 2.45) is 5.92 Å². The lowest BCUT2D eigenvalue weighted by Gasteiger charge is -2.19. The molecule has 1 rings (SSSR count). The topological polar surface area (TPSA) is 79.8 Å². The molecule has 2 amide bonds. The van der Waals surface area contributed by atoms with Gasteiger partial charge < -0.3 is 25.2 Å². The monoisotopic (exact) mass is 282 g/mol. The Morgan fingerprint density at radius 2 is 1.75 bits per heavy atom. The van der Waals surface area contributed by atoms with Gasteiger partial charge >= 0.3 is 6.03 Å². The number of urea groups is 1. The molecule has 2 atom stereocenters. The third-order valence-corrected chi connectivity index (χ3v) is 3.11. The van der Waals surface area contributed by atoms with Crippen molar-refractivity contribution in [3.8, 4) is 11.5 Å². The van der Waals surface area contributed by atoms with Gasteiger partial charge in [0.25, 0.3) is 0 Å². The standard InChI is InChI=1S/C14H22N2O4/c1-9(8-17)10(2)15-14(18)16-11-5-12(19-3)7-13(6-11)20-4/h5-7,9-10,17H,8H2,1-4H3,(H2,15,16,18). The molecule has 1 aromatic rings. The van der Waals surface area contributed by atoms with Crippen molar-refractivity contribution >= 4 is 11.7 Å². The van der Waals surface area contributed by atoms with Gasteiger partial charge in [0.05, 0.1) is 14.2 Å². The predicted molar refractivity (Wildman–Crippen MR) is 77.4 cm³/mol. The Balaban J connectivity index is 2.70. The molecule has 1 aromatic carbocycles. The van der Waals surface area contributed by atoms with E-state index in [2.05, 4.69) is 10.6 Å². The van der Waals surface area contributed by atoms with Crippen LogP contribution >= 0.6 is 0 Å². The minimum absolute atomic E-state index is 0.0133. The maximum atomic E-state index is 11.9. The first-order chi connectivity index (χ1) is 9.49. The lowest BCUT2D eigenvalue weighted by molar-refractivity contribution is 0.204. The summed E-state index contributed by atoms with van der Waals surface area (Å²) in [6.07, 6.45) is 0. The van der Waals surface area contributed by atoms with Gasteiger partial charge in [-0.2, -0.15) is 0 Å². The summed E-state index contributed by atoms with van der Waals surface area (Å²) in [5, 5.41) is 14.5. The molecule has 0 fully saturated rings. The Labute approximate surface area is 119 Å². The molecule has 0 aliphatic heterocycles. The average molecular weight is 282 g/mol. The molecule has 0 radical (unpaired) electrons. The van der Waals surface area contributed by atoms with E-state index >= 15 is 0 Å². The van der Waals surface area contributed by atoms with E-state index in [1.165, 1.54) is 0 Å². The molecule has 0 saturated heterocycles. The van der Waals surface area contributed by atoms with Crippen molar-refractivity contribution in [2.75, 3.05) is 26.1 Å². The van der Waals surface area contributed by atoms with Crippen LogP contribution in [0.5, 0.6) is 11.5 Å². The predicted octanol–water partition coefficient (Wildman–Crippen LogP) is 1.84. The highest BCUT2D eigenvalue weighted by Gasteiger charge is 2.14. The molecule has 3 N–H and O–H groups in total. The summed E-state index contributed by atoms with van der Waals surface area (Å²) < 4.78 is 10.3. The Kier molecular flexibility index (Phi) is 6.11. The molecule has 112 valence electrons. The zero-order valence-electron chi connectivity index (χ0n) is 12.3. The van der Waals surface area contributed by atoms with Gasteiger partial charge in [0.1, 0.15) is 11.5 Å². The zero-order valence-corrected chi connectivity index (χ0v) is 12.3. The Hall–Kier alpha value is -1.95. The van der Waals surface area contributed by atoms with Crippen LogP contribution in [0.15, 0.2) is 18.2 Å². The molecule has 0 saturated carbocycles. The van der Waals surface area contributed by atoms with Gasteiger partial charge in [0.2, 0.25) is 0 Å². The third-order valence-electron chi connectivity index (χ3n) is 3.11. The van der Waals surface area contributed by atoms with E-state index in [0.29, 0.717) is 17.2 Å². The molecule has 0 aliphatic rings. The number of nitrogens with one attached hydrogen (secondary N) is 2. The van der Waals surface area contributed by atoms with Crippen LogP contribution in [0.4, 0.5) is 10.5 Å². The van der Waals surface area contributed by atoms with Crippen molar-refractivity contribution < 1.29 is 19.4 Å². The van der Waals surface area contributed by atoms with E-state index in [9.17, 15) is 4.79 Å². The van der Waals surface area contributed by atoms with E-state index in [-0.39, 0.29) is 24.6 Å². The molecule has 0 spiro atoms. The van der Waals surface area contributed by atoms with E-state index in [1.807, 2.05) is 13.8 Å². The summed E-state index contributed by atoms with van der Waals surface area (Å²) in [4.78, 5) is 11.9. The van der Waals surface area contributed by atoms with E-state index in [4.69, 9.17) is 14.6 Å². The lowest BCUT2D eigenvalue weighted by atomic mass is 10.1. The largest absolute Gasteiger partial charge is 0.497 e.